The average Bonchev–Trinajstić information content (AvgIpc) is 3.50. The second-order valence-electron chi connectivity index (χ2n) is 8.50. The van der Waals surface area contributed by atoms with Crippen molar-refractivity contribution in [2.75, 3.05) is 20.3 Å². The van der Waals surface area contributed by atoms with Crippen LogP contribution in [0.5, 0.6) is 0 Å². The molecule has 2 aromatic heterocycles. The largest absolute Gasteiger partial charge is 0.503 e. The molecule has 8 heteroatoms. The SMILES string of the molecule is COCCN1C(=O)C(O)=C(C(=O)c2sc(-c3ccccc3)nc2C)C1c1cn(C)c2ccccc12. The van der Waals surface area contributed by atoms with Crippen LogP contribution in [0, 0.1) is 6.92 Å². The Balaban J connectivity index is 1.64. The number of fused-ring (bicyclic) bond motifs is 1. The highest BCUT2D eigenvalue weighted by Gasteiger charge is 2.45. The summed E-state index contributed by atoms with van der Waals surface area (Å²) in [5.74, 6) is -1.47. The summed E-state index contributed by atoms with van der Waals surface area (Å²) < 4.78 is 7.19. The van der Waals surface area contributed by atoms with E-state index in [1.807, 2.05) is 72.4 Å². The van der Waals surface area contributed by atoms with Gasteiger partial charge in [0.1, 0.15) is 5.01 Å². The molecule has 0 fully saturated rings. The van der Waals surface area contributed by atoms with Crippen molar-refractivity contribution in [3.05, 3.63) is 88.3 Å². The highest BCUT2D eigenvalue weighted by molar-refractivity contribution is 7.17. The number of aliphatic hydroxyl groups excluding tert-OH is 1. The van der Waals surface area contributed by atoms with Gasteiger partial charge in [-0.05, 0) is 13.0 Å². The van der Waals surface area contributed by atoms with Crippen molar-refractivity contribution in [3.8, 4) is 10.6 Å². The number of hydrogen-bond acceptors (Lipinski definition) is 6. The van der Waals surface area contributed by atoms with Crippen LogP contribution in [-0.2, 0) is 16.6 Å². The van der Waals surface area contributed by atoms with Gasteiger partial charge in [-0.3, -0.25) is 9.59 Å². The number of Topliss-reactive ketones (excluding diaryl/α,β-unsaturated/α-hetero) is 1. The molecule has 0 spiro atoms. The summed E-state index contributed by atoms with van der Waals surface area (Å²) >= 11 is 1.27. The van der Waals surface area contributed by atoms with E-state index in [0.717, 1.165) is 22.0 Å². The lowest BCUT2D eigenvalue weighted by molar-refractivity contribution is -0.130. The Kier molecular flexibility index (Phi) is 6.00. The number of para-hydroxylation sites is 1. The van der Waals surface area contributed by atoms with Crippen LogP contribution in [0.1, 0.15) is 27.0 Å². The quantitative estimate of drug-likeness (QED) is 0.377. The highest BCUT2D eigenvalue weighted by atomic mass is 32.1. The first-order valence-electron chi connectivity index (χ1n) is 11.3. The van der Waals surface area contributed by atoms with Crippen molar-refractivity contribution in [1.29, 1.82) is 0 Å². The Bertz CT molecular complexity index is 1470. The van der Waals surface area contributed by atoms with Crippen LogP contribution in [0.3, 0.4) is 0 Å². The number of aryl methyl sites for hydroxylation is 2. The van der Waals surface area contributed by atoms with Crippen LogP contribution in [0.15, 0.2) is 72.1 Å². The van der Waals surface area contributed by atoms with E-state index in [4.69, 9.17) is 4.74 Å². The minimum atomic E-state index is -0.738. The van der Waals surface area contributed by atoms with Crippen LogP contribution in [0.2, 0.25) is 0 Å². The summed E-state index contributed by atoms with van der Waals surface area (Å²) in [4.78, 5) is 33.7. The van der Waals surface area contributed by atoms with Crippen molar-refractivity contribution in [2.24, 2.45) is 7.05 Å². The molecule has 1 amide bonds. The zero-order valence-corrected chi connectivity index (χ0v) is 20.5. The maximum absolute atomic E-state index is 13.9. The third kappa shape index (κ3) is 3.84. The van der Waals surface area contributed by atoms with Gasteiger partial charge in [0, 0.05) is 48.9 Å². The number of aliphatic hydroxyl groups is 1. The van der Waals surface area contributed by atoms with E-state index < -0.39 is 17.7 Å². The first-order valence-corrected chi connectivity index (χ1v) is 12.1. The van der Waals surface area contributed by atoms with Gasteiger partial charge in [-0.1, -0.05) is 48.5 Å². The predicted molar refractivity (Wildman–Crippen MR) is 136 cm³/mol. The fourth-order valence-electron chi connectivity index (χ4n) is 4.65. The number of carbonyl (C=O) groups excluding carboxylic acids is 2. The number of thiazole rings is 1. The molecule has 0 aliphatic carbocycles. The van der Waals surface area contributed by atoms with E-state index >= 15 is 0 Å². The van der Waals surface area contributed by atoms with Crippen molar-refractivity contribution >= 4 is 33.9 Å². The topological polar surface area (TPSA) is 84.7 Å². The molecule has 5 rings (SSSR count). The lowest BCUT2D eigenvalue weighted by Gasteiger charge is -2.26. The van der Waals surface area contributed by atoms with Gasteiger partial charge in [-0.2, -0.15) is 0 Å². The van der Waals surface area contributed by atoms with Gasteiger partial charge in [-0.15, -0.1) is 11.3 Å². The fourth-order valence-corrected chi connectivity index (χ4v) is 5.68. The number of carbonyl (C=O) groups is 2. The summed E-state index contributed by atoms with van der Waals surface area (Å²) in [5, 5.41) is 12.6. The zero-order chi connectivity index (χ0) is 24.7. The molecule has 0 bridgehead atoms. The molecule has 1 aliphatic rings. The Morgan fingerprint density at radius 2 is 1.86 bits per heavy atom. The second kappa shape index (κ2) is 9.13. The van der Waals surface area contributed by atoms with E-state index in [0.29, 0.717) is 15.6 Å². The molecular weight excluding hydrogens is 462 g/mol. The number of nitrogens with zero attached hydrogens (tertiary/aromatic N) is 3. The van der Waals surface area contributed by atoms with Crippen molar-refractivity contribution in [3.63, 3.8) is 0 Å². The fraction of sp³-hybridized carbons (Fsp3) is 0.222. The van der Waals surface area contributed by atoms with Crippen molar-refractivity contribution in [2.45, 2.75) is 13.0 Å². The van der Waals surface area contributed by atoms with E-state index in [9.17, 15) is 14.7 Å². The van der Waals surface area contributed by atoms with Gasteiger partial charge in [-0.25, -0.2) is 4.98 Å². The summed E-state index contributed by atoms with van der Waals surface area (Å²) in [5.41, 5.74) is 3.31. The van der Waals surface area contributed by atoms with Crippen LogP contribution < -0.4 is 0 Å². The van der Waals surface area contributed by atoms with E-state index in [1.165, 1.54) is 16.2 Å². The Morgan fingerprint density at radius 3 is 2.60 bits per heavy atom. The molecule has 4 aromatic rings. The molecule has 1 N–H and O–H groups in total. The zero-order valence-electron chi connectivity index (χ0n) is 19.7. The molecule has 1 unspecified atom stereocenters. The molecule has 0 saturated carbocycles. The molecule has 0 radical (unpaired) electrons. The maximum Gasteiger partial charge on any atom is 0.290 e. The first-order chi connectivity index (χ1) is 16.9. The molecule has 1 aliphatic heterocycles. The summed E-state index contributed by atoms with van der Waals surface area (Å²) in [6.45, 7) is 2.29. The molecular formula is C27H25N3O4S. The first kappa shape index (κ1) is 23.0. The standard InChI is InChI=1S/C27H25N3O4S/c1-16-25(35-26(28-16)17-9-5-4-6-10-17)23(31)21-22(30(13-14-34-3)27(33)24(21)32)19-15-29(2)20-12-8-7-11-18(19)20/h4-12,15,22,32H,13-14H2,1-3H3. The number of methoxy groups -OCH3 is 1. The third-order valence-corrected chi connectivity index (χ3v) is 7.54. The number of hydrogen-bond donors (Lipinski definition) is 1. The Morgan fingerprint density at radius 1 is 1.14 bits per heavy atom. The van der Waals surface area contributed by atoms with Crippen molar-refractivity contribution < 1.29 is 19.4 Å². The number of ether oxygens (including phenoxy) is 1. The number of rotatable bonds is 7. The van der Waals surface area contributed by atoms with Gasteiger partial charge in [0.15, 0.2) is 5.76 Å². The Hall–Kier alpha value is -3.75. The lowest BCUT2D eigenvalue weighted by atomic mass is 9.94. The average molecular weight is 488 g/mol. The molecule has 178 valence electrons. The number of ketones is 1. The smallest absolute Gasteiger partial charge is 0.290 e. The molecule has 1 atom stereocenters. The highest BCUT2D eigenvalue weighted by Crippen LogP contribution is 2.43. The molecule has 2 aromatic carbocycles. The maximum atomic E-state index is 13.9. The summed E-state index contributed by atoms with van der Waals surface area (Å²) in [7, 11) is 3.48. The summed E-state index contributed by atoms with van der Waals surface area (Å²) in [6, 6.07) is 16.7. The van der Waals surface area contributed by atoms with Gasteiger partial charge in [0.2, 0.25) is 5.78 Å². The molecule has 3 heterocycles. The van der Waals surface area contributed by atoms with Gasteiger partial charge in [0.05, 0.1) is 28.8 Å². The van der Waals surface area contributed by atoms with Crippen molar-refractivity contribution in [1.82, 2.24) is 14.5 Å². The minimum Gasteiger partial charge on any atom is -0.503 e. The number of amides is 1. The van der Waals surface area contributed by atoms with Crippen LogP contribution in [-0.4, -0.2) is 51.5 Å². The predicted octanol–water partition coefficient (Wildman–Crippen LogP) is 4.83. The molecule has 0 saturated heterocycles. The summed E-state index contributed by atoms with van der Waals surface area (Å²) in [6.07, 6.45) is 1.92. The van der Waals surface area contributed by atoms with Crippen LogP contribution in [0.4, 0.5) is 0 Å². The van der Waals surface area contributed by atoms with E-state index in [2.05, 4.69) is 4.98 Å². The van der Waals surface area contributed by atoms with Crippen LogP contribution in [0.25, 0.3) is 21.5 Å². The number of aromatic nitrogens is 2. The molecule has 35 heavy (non-hydrogen) atoms. The lowest BCUT2D eigenvalue weighted by Crippen LogP contribution is -2.33. The van der Waals surface area contributed by atoms with Gasteiger partial charge in [0.25, 0.3) is 5.91 Å². The number of benzene rings is 2. The van der Waals surface area contributed by atoms with E-state index in [-0.39, 0.29) is 24.5 Å². The molecule has 7 nitrogen and oxygen atoms in total. The minimum absolute atomic E-state index is 0.0776. The monoisotopic (exact) mass is 487 g/mol. The van der Waals surface area contributed by atoms with Gasteiger partial charge >= 0.3 is 0 Å². The van der Waals surface area contributed by atoms with E-state index in [1.54, 1.807) is 14.0 Å². The van der Waals surface area contributed by atoms with Crippen LogP contribution >= 0.6 is 11.3 Å². The Labute approximate surface area is 206 Å². The normalized spacial score (nSPS) is 16.0. The van der Waals surface area contributed by atoms with Gasteiger partial charge < -0.3 is 19.3 Å². The third-order valence-electron chi connectivity index (χ3n) is 6.33. The second-order valence-corrected chi connectivity index (χ2v) is 9.50.